The molecule has 1 aromatic heterocycles. The van der Waals surface area contributed by atoms with E-state index >= 15 is 0 Å². The Morgan fingerprint density at radius 3 is 2.75 bits per heavy atom. The first kappa shape index (κ1) is 19.7. The molecule has 0 unspecified atom stereocenters. The number of halogens is 1. The normalized spacial score (nSPS) is 10.5. The monoisotopic (exact) mass is 490 g/mol. The molecule has 0 bridgehead atoms. The lowest BCUT2D eigenvalue weighted by molar-refractivity contribution is -0.384. The summed E-state index contributed by atoms with van der Waals surface area (Å²) in [4.78, 5) is 41.9. The Kier molecular flexibility index (Phi) is 5.83. The second kappa shape index (κ2) is 8.30. The van der Waals surface area contributed by atoms with Crippen molar-refractivity contribution in [1.29, 1.82) is 0 Å². The molecular formula is C19H15IN4O4. The van der Waals surface area contributed by atoms with E-state index in [1.165, 1.54) is 24.3 Å². The molecule has 0 radical (unpaired) electrons. The highest BCUT2D eigenvalue weighted by Gasteiger charge is 2.16. The second-order valence-electron chi connectivity index (χ2n) is 5.90. The number of carbonyl (C=O) groups excluding carboxylic acids is 1. The molecule has 142 valence electrons. The molecule has 0 spiro atoms. The van der Waals surface area contributed by atoms with E-state index in [-0.39, 0.29) is 16.8 Å². The molecule has 0 aliphatic heterocycles. The molecule has 8 nitrogen and oxygen atoms in total. The molecule has 9 heteroatoms. The first-order valence-electron chi connectivity index (χ1n) is 8.33. The molecule has 0 atom stereocenters. The van der Waals surface area contributed by atoms with Crippen LogP contribution in [0.5, 0.6) is 0 Å². The van der Waals surface area contributed by atoms with Crippen molar-refractivity contribution in [3.05, 3.63) is 83.8 Å². The lowest BCUT2D eigenvalue weighted by Crippen LogP contribution is -2.14. The number of nitrogens with one attached hydrogen (secondary N) is 2. The summed E-state index contributed by atoms with van der Waals surface area (Å²) in [5.41, 5.74) is 1.59. The van der Waals surface area contributed by atoms with Crippen molar-refractivity contribution in [2.45, 2.75) is 13.3 Å². The van der Waals surface area contributed by atoms with Gasteiger partial charge in [-0.25, -0.2) is 4.98 Å². The van der Waals surface area contributed by atoms with Gasteiger partial charge in [0.25, 0.3) is 17.2 Å². The van der Waals surface area contributed by atoms with Crippen LogP contribution in [0.25, 0.3) is 11.4 Å². The van der Waals surface area contributed by atoms with Crippen LogP contribution in [-0.2, 0) is 6.42 Å². The maximum Gasteiger partial charge on any atom is 0.270 e. The molecule has 0 aliphatic rings. The largest absolute Gasteiger partial charge is 0.322 e. The SMILES string of the molecule is CCc1cc(=O)[nH]c(-c2cccc(NC(=O)c3cc([N+](=O)[O-])ccc3I)c2)n1. The number of hydrogen-bond acceptors (Lipinski definition) is 5. The van der Waals surface area contributed by atoms with Gasteiger partial charge in [-0.1, -0.05) is 19.1 Å². The van der Waals surface area contributed by atoms with Crippen LogP contribution in [0, 0.1) is 13.7 Å². The van der Waals surface area contributed by atoms with Gasteiger partial charge in [-0.15, -0.1) is 0 Å². The third-order valence-corrected chi connectivity index (χ3v) is 4.90. The number of H-pyrrole nitrogens is 1. The lowest BCUT2D eigenvalue weighted by Gasteiger charge is -2.09. The quantitative estimate of drug-likeness (QED) is 0.321. The Bertz CT molecular complexity index is 1130. The van der Waals surface area contributed by atoms with Crippen LogP contribution in [0.3, 0.4) is 0 Å². The average molecular weight is 490 g/mol. The summed E-state index contributed by atoms with van der Waals surface area (Å²) in [7, 11) is 0. The van der Waals surface area contributed by atoms with Gasteiger partial charge < -0.3 is 10.3 Å². The van der Waals surface area contributed by atoms with Gasteiger partial charge in [0.2, 0.25) is 0 Å². The molecule has 1 heterocycles. The number of aryl methyl sites for hydroxylation is 1. The number of benzene rings is 2. The van der Waals surface area contributed by atoms with Crippen molar-refractivity contribution < 1.29 is 9.72 Å². The number of nitro benzene ring substituents is 1. The van der Waals surface area contributed by atoms with Crippen molar-refractivity contribution in [2.75, 3.05) is 5.32 Å². The fraction of sp³-hybridized carbons (Fsp3) is 0.105. The van der Waals surface area contributed by atoms with Crippen LogP contribution >= 0.6 is 22.6 Å². The summed E-state index contributed by atoms with van der Waals surface area (Å²) in [5, 5.41) is 13.7. The minimum absolute atomic E-state index is 0.155. The number of rotatable bonds is 5. The molecule has 3 rings (SSSR count). The molecule has 0 saturated carbocycles. The maximum atomic E-state index is 12.6. The van der Waals surface area contributed by atoms with Crippen molar-refractivity contribution in [3.63, 3.8) is 0 Å². The van der Waals surface area contributed by atoms with Gasteiger partial charge in [-0.2, -0.15) is 0 Å². The summed E-state index contributed by atoms with van der Waals surface area (Å²) < 4.78 is 0.596. The highest BCUT2D eigenvalue weighted by atomic mass is 127. The predicted octanol–water partition coefficient (Wildman–Crippen LogP) is 3.76. The van der Waals surface area contributed by atoms with E-state index in [0.29, 0.717) is 32.8 Å². The van der Waals surface area contributed by atoms with Gasteiger partial charge in [0.1, 0.15) is 5.82 Å². The molecule has 2 N–H and O–H groups in total. The van der Waals surface area contributed by atoms with E-state index in [0.717, 1.165) is 0 Å². The lowest BCUT2D eigenvalue weighted by atomic mass is 10.1. The maximum absolute atomic E-state index is 12.6. The molecule has 0 fully saturated rings. The van der Waals surface area contributed by atoms with Crippen LogP contribution in [-0.4, -0.2) is 20.8 Å². The summed E-state index contributed by atoms with van der Waals surface area (Å²) >= 11 is 1.95. The first-order valence-corrected chi connectivity index (χ1v) is 9.41. The van der Waals surface area contributed by atoms with E-state index < -0.39 is 10.8 Å². The zero-order valence-corrected chi connectivity index (χ0v) is 16.9. The van der Waals surface area contributed by atoms with Crippen LogP contribution in [0.2, 0.25) is 0 Å². The van der Waals surface area contributed by atoms with E-state index in [1.54, 1.807) is 24.3 Å². The molecule has 0 saturated heterocycles. The second-order valence-corrected chi connectivity index (χ2v) is 7.06. The van der Waals surface area contributed by atoms with E-state index in [9.17, 15) is 19.7 Å². The van der Waals surface area contributed by atoms with Crippen molar-refractivity contribution in [3.8, 4) is 11.4 Å². The fourth-order valence-corrected chi connectivity index (χ4v) is 3.15. The van der Waals surface area contributed by atoms with Crippen LogP contribution in [0.4, 0.5) is 11.4 Å². The Morgan fingerprint density at radius 1 is 1.25 bits per heavy atom. The van der Waals surface area contributed by atoms with Crippen LogP contribution in [0.15, 0.2) is 53.3 Å². The smallest absolute Gasteiger partial charge is 0.270 e. The first-order chi connectivity index (χ1) is 13.4. The number of amides is 1. The van der Waals surface area contributed by atoms with Gasteiger partial charge in [0, 0.05) is 38.7 Å². The Labute approximate surface area is 173 Å². The zero-order valence-electron chi connectivity index (χ0n) is 14.7. The van der Waals surface area contributed by atoms with Gasteiger partial charge in [0.05, 0.1) is 10.5 Å². The van der Waals surface area contributed by atoms with Crippen LogP contribution < -0.4 is 10.9 Å². The highest BCUT2D eigenvalue weighted by Crippen LogP contribution is 2.23. The average Bonchev–Trinajstić information content (AvgIpc) is 2.67. The summed E-state index contributed by atoms with van der Waals surface area (Å²) in [6, 6.07) is 12.4. The van der Waals surface area contributed by atoms with Crippen molar-refractivity contribution in [1.82, 2.24) is 9.97 Å². The minimum atomic E-state index is -0.545. The molecular weight excluding hydrogens is 475 g/mol. The number of hydrogen-bond donors (Lipinski definition) is 2. The minimum Gasteiger partial charge on any atom is -0.322 e. The van der Waals surface area contributed by atoms with Crippen LogP contribution in [0.1, 0.15) is 23.0 Å². The number of nitrogens with zero attached hydrogens (tertiary/aromatic N) is 2. The van der Waals surface area contributed by atoms with Gasteiger partial charge >= 0.3 is 0 Å². The number of aromatic amines is 1. The standard InChI is InChI=1S/C19H15IN4O4/c1-2-12-9-17(25)23-18(21-12)11-4-3-5-13(8-11)22-19(26)15-10-14(24(27)28)6-7-16(15)20/h3-10H,2H2,1H3,(H,22,26)(H,21,23,25). The van der Waals surface area contributed by atoms with Crippen molar-refractivity contribution in [2.24, 2.45) is 0 Å². The van der Waals surface area contributed by atoms with E-state index in [4.69, 9.17) is 0 Å². The third kappa shape index (κ3) is 4.42. The number of non-ortho nitro benzene ring substituents is 1. The van der Waals surface area contributed by atoms with Gasteiger partial charge in [-0.3, -0.25) is 19.7 Å². The Morgan fingerprint density at radius 2 is 2.04 bits per heavy atom. The molecule has 28 heavy (non-hydrogen) atoms. The predicted molar refractivity (Wildman–Crippen MR) is 113 cm³/mol. The van der Waals surface area contributed by atoms with E-state index in [2.05, 4.69) is 15.3 Å². The number of anilines is 1. The summed E-state index contributed by atoms with van der Waals surface area (Å²) in [5.74, 6) is -0.0561. The molecule has 2 aromatic carbocycles. The van der Waals surface area contributed by atoms with Crippen molar-refractivity contribution >= 4 is 39.9 Å². The summed E-state index contributed by atoms with van der Waals surface area (Å²) in [6.45, 7) is 1.91. The van der Waals surface area contributed by atoms with Gasteiger partial charge in [0.15, 0.2) is 0 Å². The third-order valence-electron chi connectivity index (χ3n) is 3.96. The number of carbonyl (C=O) groups is 1. The number of nitro groups is 1. The Hall–Kier alpha value is -3.08. The fourth-order valence-electron chi connectivity index (χ4n) is 2.57. The number of aromatic nitrogens is 2. The molecule has 1 amide bonds. The van der Waals surface area contributed by atoms with E-state index in [1.807, 2.05) is 29.5 Å². The van der Waals surface area contributed by atoms with Gasteiger partial charge in [-0.05, 0) is 47.2 Å². The Balaban J connectivity index is 1.91. The highest BCUT2D eigenvalue weighted by molar-refractivity contribution is 14.1. The molecule has 3 aromatic rings. The molecule has 0 aliphatic carbocycles. The summed E-state index contributed by atoms with van der Waals surface area (Å²) in [6.07, 6.45) is 0.624. The zero-order chi connectivity index (χ0) is 20.3. The topological polar surface area (TPSA) is 118 Å².